The molecule has 1 fully saturated rings. The van der Waals surface area contributed by atoms with Gasteiger partial charge in [0, 0.05) is 32.5 Å². The van der Waals surface area contributed by atoms with Gasteiger partial charge in [0.15, 0.2) is 5.75 Å². The molecule has 8 heteroatoms. The van der Waals surface area contributed by atoms with E-state index in [4.69, 9.17) is 9.47 Å². The molecule has 2 aromatic rings. The highest BCUT2D eigenvalue weighted by Gasteiger charge is 2.28. The minimum Gasteiger partial charge on any atom is -0.489 e. The lowest BCUT2D eigenvalue weighted by Gasteiger charge is -2.40. The molecular weight excluding hydrogens is 482 g/mol. The van der Waals surface area contributed by atoms with E-state index < -0.39 is 0 Å². The predicted molar refractivity (Wildman–Crippen MR) is 153 cm³/mol. The van der Waals surface area contributed by atoms with Crippen LogP contribution in [0.2, 0.25) is 0 Å². The monoisotopic (exact) mass is 523 g/mol. The Morgan fingerprint density at radius 2 is 1.89 bits per heavy atom. The third-order valence-corrected chi connectivity index (χ3v) is 7.65. The zero-order valence-electron chi connectivity index (χ0n) is 22.4. The van der Waals surface area contributed by atoms with E-state index in [-0.39, 0.29) is 6.23 Å². The molecule has 0 saturated heterocycles. The highest BCUT2D eigenvalue weighted by atomic mass is 32.2. The number of likely N-dealkylation sites (N-methyl/N-ethyl adjacent to an activating group) is 1. The Kier molecular flexibility index (Phi) is 10.6. The molecule has 0 radical (unpaired) electrons. The molecule has 1 unspecified atom stereocenters. The lowest BCUT2D eigenvalue weighted by Crippen LogP contribution is -2.42. The number of nitrogens with zero attached hydrogens (tertiary/aromatic N) is 4. The van der Waals surface area contributed by atoms with Crippen LogP contribution in [0.15, 0.2) is 66.3 Å². The summed E-state index contributed by atoms with van der Waals surface area (Å²) in [5, 5.41) is 3.47. The van der Waals surface area contributed by atoms with Crippen LogP contribution >= 0.6 is 11.8 Å². The van der Waals surface area contributed by atoms with E-state index in [2.05, 4.69) is 80.7 Å². The number of thioether (sulfide) groups is 1. The number of aromatic nitrogens is 2. The molecule has 7 nitrogen and oxygen atoms in total. The van der Waals surface area contributed by atoms with Crippen LogP contribution in [0.5, 0.6) is 5.75 Å². The number of ether oxygens (including phenoxy) is 2. The maximum atomic E-state index is 5.93. The van der Waals surface area contributed by atoms with Crippen LogP contribution in [0.25, 0.3) is 0 Å². The number of hydrogen-bond acceptors (Lipinski definition) is 8. The lowest BCUT2D eigenvalue weighted by atomic mass is 10.0. The average Bonchev–Trinajstić information content (AvgIpc) is 3.46. The maximum Gasteiger partial charge on any atom is 0.223 e. The summed E-state index contributed by atoms with van der Waals surface area (Å²) in [6.07, 6.45) is 15.2. The Morgan fingerprint density at radius 3 is 2.57 bits per heavy atom. The van der Waals surface area contributed by atoms with Gasteiger partial charge in [-0.05, 0) is 49.7 Å². The second-order valence-corrected chi connectivity index (χ2v) is 10.5. The van der Waals surface area contributed by atoms with Gasteiger partial charge in [-0.3, -0.25) is 0 Å². The number of rotatable bonds is 14. The molecule has 0 amide bonds. The molecule has 1 aromatic heterocycles. The minimum absolute atomic E-state index is 0.140. The molecular formula is C29H41N5O2S. The fourth-order valence-electron chi connectivity index (χ4n) is 5.12. The fraction of sp³-hybridized carbons (Fsp3) is 0.517. The highest BCUT2D eigenvalue weighted by Crippen LogP contribution is 2.31. The highest BCUT2D eigenvalue weighted by molar-refractivity contribution is 7.98. The molecule has 2 heterocycles. The first-order chi connectivity index (χ1) is 18.2. The third-order valence-electron chi connectivity index (χ3n) is 7.08. The SMILES string of the molecule is CCN(CC1CCCC1)C1=C(CNc2ncc(OCCSC)cn2)N(Cc2ccccc2)C(OC)C=C1. The third kappa shape index (κ3) is 7.65. The maximum absolute atomic E-state index is 5.93. The van der Waals surface area contributed by atoms with Gasteiger partial charge in [0.25, 0.3) is 0 Å². The summed E-state index contributed by atoms with van der Waals surface area (Å²) < 4.78 is 11.6. The molecule has 2 aliphatic rings. The average molecular weight is 524 g/mol. The molecule has 1 aliphatic heterocycles. The van der Waals surface area contributed by atoms with Crippen molar-refractivity contribution in [3.05, 3.63) is 71.8 Å². The van der Waals surface area contributed by atoms with Gasteiger partial charge in [-0.15, -0.1) is 0 Å². The van der Waals surface area contributed by atoms with Gasteiger partial charge in [0.2, 0.25) is 5.95 Å². The van der Waals surface area contributed by atoms with Crippen molar-refractivity contribution in [2.75, 3.05) is 50.7 Å². The van der Waals surface area contributed by atoms with Gasteiger partial charge in [0.05, 0.1) is 36.9 Å². The van der Waals surface area contributed by atoms with Crippen molar-refractivity contribution in [3.8, 4) is 5.75 Å². The van der Waals surface area contributed by atoms with Crippen molar-refractivity contribution in [2.24, 2.45) is 5.92 Å². The van der Waals surface area contributed by atoms with E-state index in [1.807, 2.05) is 0 Å². The van der Waals surface area contributed by atoms with Gasteiger partial charge in [0.1, 0.15) is 6.23 Å². The number of anilines is 1. The second kappa shape index (κ2) is 14.3. The molecule has 1 aliphatic carbocycles. The number of nitrogens with one attached hydrogen (secondary N) is 1. The minimum atomic E-state index is -0.140. The van der Waals surface area contributed by atoms with Crippen LogP contribution in [0.3, 0.4) is 0 Å². The standard InChI is InChI=1S/C29H41N5O2S/c1-4-33(21-23-12-8-9-13-23)26-14-15-28(35-2)34(22-24-10-6-5-7-11-24)27(26)20-32-29-30-18-25(19-31-29)36-16-17-37-3/h5-7,10-11,14-15,18-19,23,28H,4,8-9,12-13,16-17,20-22H2,1-3H3,(H,30,31,32). The molecule has 1 aromatic carbocycles. The number of methoxy groups -OCH3 is 1. The first kappa shape index (κ1) is 27.3. The van der Waals surface area contributed by atoms with Gasteiger partial charge in [-0.25, -0.2) is 9.97 Å². The lowest BCUT2D eigenvalue weighted by molar-refractivity contribution is 0.0136. The van der Waals surface area contributed by atoms with Crippen molar-refractivity contribution < 1.29 is 9.47 Å². The van der Waals surface area contributed by atoms with Crippen LogP contribution in [0.4, 0.5) is 5.95 Å². The van der Waals surface area contributed by atoms with Crippen LogP contribution in [-0.4, -0.2) is 71.4 Å². The van der Waals surface area contributed by atoms with Crippen molar-refractivity contribution in [1.82, 2.24) is 19.8 Å². The zero-order valence-corrected chi connectivity index (χ0v) is 23.3. The summed E-state index contributed by atoms with van der Waals surface area (Å²) in [6.45, 7) is 6.32. The van der Waals surface area contributed by atoms with E-state index in [0.717, 1.165) is 31.3 Å². The summed E-state index contributed by atoms with van der Waals surface area (Å²) in [5.41, 5.74) is 3.70. The Labute approximate surface area is 226 Å². The van der Waals surface area contributed by atoms with E-state index in [1.54, 1.807) is 31.3 Å². The summed E-state index contributed by atoms with van der Waals surface area (Å²) in [5.74, 6) is 2.99. The molecule has 1 saturated carbocycles. The molecule has 1 atom stereocenters. The number of hydrogen-bond donors (Lipinski definition) is 1. The number of allylic oxidation sites excluding steroid dienone is 1. The Hall–Kier alpha value is -2.71. The molecule has 0 spiro atoms. The molecule has 37 heavy (non-hydrogen) atoms. The summed E-state index contributed by atoms with van der Waals surface area (Å²) in [7, 11) is 1.78. The van der Waals surface area contributed by atoms with Crippen LogP contribution in [0, 0.1) is 5.92 Å². The quantitative estimate of drug-likeness (QED) is 0.330. The Bertz CT molecular complexity index is 1010. The first-order valence-corrected chi connectivity index (χ1v) is 14.8. The van der Waals surface area contributed by atoms with Gasteiger partial charge in [-0.1, -0.05) is 43.2 Å². The van der Waals surface area contributed by atoms with Gasteiger partial charge in [-0.2, -0.15) is 11.8 Å². The van der Waals surface area contributed by atoms with Crippen molar-refractivity contribution in [1.29, 1.82) is 0 Å². The Balaban J connectivity index is 1.57. The summed E-state index contributed by atoms with van der Waals surface area (Å²) in [4.78, 5) is 13.9. The first-order valence-electron chi connectivity index (χ1n) is 13.4. The van der Waals surface area contributed by atoms with Crippen molar-refractivity contribution >= 4 is 17.7 Å². The van der Waals surface area contributed by atoms with Crippen LogP contribution < -0.4 is 10.1 Å². The van der Waals surface area contributed by atoms with Gasteiger partial charge >= 0.3 is 0 Å². The topological polar surface area (TPSA) is 62.8 Å². The molecule has 200 valence electrons. The Morgan fingerprint density at radius 1 is 1.14 bits per heavy atom. The molecule has 1 N–H and O–H groups in total. The molecule has 0 bridgehead atoms. The van der Waals surface area contributed by atoms with E-state index >= 15 is 0 Å². The van der Waals surface area contributed by atoms with Crippen LogP contribution in [0.1, 0.15) is 38.2 Å². The van der Waals surface area contributed by atoms with E-state index in [1.165, 1.54) is 42.6 Å². The summed E-state index contributed by atoms with van der Waals surface area (Å²) >= 11 is 1.76. The van der Waals surface area contributed by atoms with Crippen molar-refractivity contribution in [3.63, 3.8) is 0 Å². The van der Waals surface area contributed by atoms with E-state index in [0.29, 0.717) is 24.8 Å². The fourth-order valence-corrected chi connectivity index (χ4v) is 5.37. The number of benzene rings is 1. The largest absolute Gasteiger partial charge is 0.489 e. The van der Waals surface area contributed by atoms with Gasteiger partial charge < -0.3 is 24.6 Å². The normalized spacial score (nSPS) is 17.9. The smallest absolute Gasteiger partial charge is 0.223 e. The zero-order chi connectivity index (χ0) is 25.9. The molecule has 4 rings (SSSR count). The second-order valence-electron chi connectivity index (χ2n) is 9.56. The van der Waals surface area contributed by atoms with Crippen molar-refractivity contribution in [2.45, 2.75) is 45.4 Å². The predicted octanol–water partition coefficient (Wildman–Crippen LogP) is 5.40. The van der Waals surface area contributed by atoms with E-state index in [9.17, 15) is 0 Å². The van der Waals surface area contributed by atoms with Crippen LogP contribution in [-0.2, 0) is 11.3 Å². The summed E-state index contributed by atoms with van der Waals surface area (Å²) in [6, 6.07) is 10.6.